The van der Waals surface area contributed by atoms with Gasteiger partial charge in [-0.3, -0.25) is 0 Å². The molecule has 10 heteroatoms. The van der Waals surface area contributed by atoms with Gasteiger partial charge in [-0.2, -0.15) is 4.98 Å². The van der Waals surface area contributed by atoms with E-state index in [0.29, 0.717) is 24.0 Å². The maximum Gasteiger partial charge on any atom is 0.237 e. The summed E-state index contributed by atoms with van der Waals surface area (Å²) in [6.45, 7) is 0.664. The Morgan fingerprint density at radius 1 is 1.03 bits per heavy atom. The highest BCUT2D eigenvalue weighted by atomic mass is 32.2. The van der Waals surface area contributed by atoms with Crippen LogP contribution >= 0.6 is 23.1 Å². The fraction of sp³-hybridized carbons (Fsp3) is 0.200. The van der Waals surface area contributed by atoms with E-state index in [1.807, 2.05) is 48.5 Å². The number of hydrogen-bond acceptors (Lipinski definition) is 10. The SMILES string of the molecule is COc1ccc(CNc2nnc(SCc3nc(-c4cccc(OC)c4)no3)s2)cc1. The average Bonchev–Trinajstić information content (AvgIpc) is 3.46. The summed E-state index contributed by atoms with van der Waals surface area (Å²) in [5, 5.41) is 16.5. The topological polar surface area (TPSA) is 95.2 Å². The molecule has 2 aromatic heterocycles. The van der Waals surface area contributed by atoms with E-state index in [9.17, 15) is 0 Å². The molecule has 0 aliphatic carbocycles. The highest BCUT2D eigenvalue weighted by Gasteiger charge is 2.12. The second-order valence-corrected chi connectivity index (χ2v) is 8.31. The number of ether oxygens (including phenoxy) is 2. The minimum atomic E-state index is 0.518. The summed E-state index contributed by atoms with van der Waals surface area (Å²) in [7, 11) is 3.28. The van der Waals surface area contributed by atoms with Crippen molar-refractivity contribution in [2.45, 2.75) is 16.6 Å². The molecular weight excluding hydrogens is 422 g/mol. The van der Waals surface area contributed by atoms with E-state index in [2.05, 4.69) is 25.7 Å². The number of methoxy groups -OCH3 is 2. The van der Waals surface area contributed by atoms with Crippen LogP contribution in [0.5, 0.6) is 11.5 Å². The Morgan fingerprint density at radius 2 is 1.87 bits per heavy atom. The molecule has 0 radical (unpaired) electrons. The molecule has 0 saturated heterocycles. The van der Waals surface area contributed by atoms with Crippen LogP contribution in [0.15, 0.2) is 57.4 Å². The van der Waals surface area contributed by atoms with Gasteiger partial charge in [0, 0.05) is 12.1 Å². The summed E-state index contributed by atoms with van der Waals surface area (Å²) < 4.78 is 16.6. The van der Waals surface area contributed by atoms with Gasteiger partial charge in [0.05, 0.1) is 20.0 Å². The number of aromatic nitrogens is 4. The fourth-order valence-corrected chi connectivity index (χ4v) is 4.16. The van der Waals surface area contributed by atoms with Gasteiger partial charge in [0.15, 0.2) is 4.34 Å². The second-order valence-electron chi connectivity index (χ2n) is 6.11. The van der Waals surface area contributed by atoms with Crippen molar-refractivity contribution in [1.29, 1.82) is 0 Å². The lowest BCUT2D eigenvalue weighted by Crippen LogP contribution is -1.98. The average molecular weight is 442 g/mol. The lowest BCUT2D eigenvalue weighted by Gasteiger charge is -2.03. The molecule has 0 unspecified atom stereocenters. The van der Waals surface area contributed by atoms with Crippen LogP contribution in [0.3, 0.4) is 0 Å². The first kappa shape index (κ1) is 20.2. The number of nitrogens with one attached hydrogen (secondary N) is 1. The van der Waals surface area contributed by atoms with Crippen molar-refractivity contribution >= 4 is 28.2 Å². The zero-order chi connectivity index (χ0) is 20.8. The Bertz CT molecular complexity index is 1100. The van der Waals surface area contributed by atoms with Gasteiger partial charge in [-0.15, -0.1) is 10.2 Å². The minimum Gasteiger partial charge on any atom is -0.497 e. The molecule has 0 spiro atoms. The Hall–Kier alpha value is -3.11. The second kappa shape index (κ2) is 9.59. The van der Waals surface area contributed by atoms with Crippen LogP contribution in [-0.4, -0.2) is 34.6 Å². The smallest absolute Gasteiger partial charge is 0.237 e. The summed E-state index contributed by atoms with van der Waals surface area (Å²) in [6, 6.07) is 15.4. The summed E-state index contributed by atoms with van der Waals surface area (Å²) >= 11 is 2.99. The Kier molecular flexibility index (Phi) is 6.45. The van der Waals surface area contributed by atoms with E-state index in [1.165, 1.54) is 23.1 Å². The molecule has 4 aromatic rings. The third-order valence-electron chi connectivity index (χ3n) is 4.12. The molecule has 8 nitrogen and oxygen atoms in total. The molecule has 0 aliphatic heterocycles. The quantitative estimate of drug-likeness (QED) is 0.376. The predicted octanol–water partition coefficient (Wildman–Crippen LogP) is 4.51. The fourth-order valence-electron chi connectivity index (χ4n) is 2.58. The molecule has 4 rings (SSSR count). The molecular formula is C20H19N5O3S2. The standard InChI is InChI=1S/C20H19N5O3S2/c1-26-15-8-6-13(7-9-15)11-21-19-23-24-20(30-19)29-12-17-22-18(25-28-17)14-4-3-5-16(10-14)27-2/h3-10H,11-12H2,1-2H3,(H,21,23). The first-order chi connectivity index (χ1) is 14.7. The number of hydrogen-bond donors (Lipinski definition) is 1. The van der Waals surface area contributed by atoms with E-state index < -0.39 is 0 Å². The number of rotatable bonds is 9. The van der Waals surface area contributed by atoms with Gasteiger partial charge in [-0.25, -0.2) is 0 Å². The minimum absolute atomic E-state index is 0.518. The molecule has 0 saturated carbocycles. The van der Waals surface area contributed by atoms with Crippen LogP contribution in [0.1, 0.15) is 11.5 Å². The van der Waals surface area contributed by atoms with Gasteiger partial charge in [-0.1, -0.05) is 52.5 Å². The van der Waals surface area contributed by atoms with E-state index in [4.69, 9.17) is 14.0 Å². The predicted molar refractivity (Wildman–Crippen MR) is 116 cm³/mol. The summed E-state index contributed by atoms with van der Waals surface area (Å²) in [4.78, 5) is 4.44. The Balaban J connectivity index is 1.30. The van der Waals surface area contributed by atoms with Gasteiger partial charge in [0.1, 0.15) is 11.5 Å². The van der Waals surface area contributed by atoms with Crippen molar-refractivity contribution in [3.63, 3.8) is 0 Å². The zero-order valence-corrected chi connectivity index (χ0v) is 18.0. The van der Waals surface area contributed by atoms with Crippen molar-refractivity contribution in [3.05, 3.63) is 60.0 Å². The maximum atomic E-state index is 5.35. The first-order valence-electron chi connectivity index (χ1n) is 9.03. The molecule has 2 aromatic carbocycles. The van der Waals surface area contributed by atoms with Crippen LogP contribution in [0.25, 0.3) is 11.4 Å². The van der Waals surface area contributed by atoms with Crippen molar-refractivity contribution in [2.24, 2.45) is 0 Å². The number of nitrogens with zero attached hydrogens (tertiary/aromatic N) is 4. The number of anilines is 1. The van der Waals surface area contributed by atoms with Gasteiger partial charge < -0.3 is 19.3 Å². The highest BCUT2D eigenvalue weighted by molar-refractivity contribution is 8.00. The largest absolute Gasteiger partial charge is 0.497 e. The third-order valence-corrected chi connectivity index (χ3v) is 6.12. The van der Waals surface area contributed by atoms with Gasteiger partial charge in [0.25, 0.3) is 0 Å². The van der Waals surface area contributed by atoms with Crippen molar-refractivity contribution in [1.82, 2.24) is 20.3 Å². The van der Waals surface area contributed by atoms with Crippen LogP contribution < -0.4 is 14.8 Å². The molecule has 0 bridgehead atoms. The number of thioether (sulfide) groups is 1. The molecule has 0 amide bonds. The summed E-state index contributed by atoms with van der Waals surface area (Å²) in [5.74, 6) is 3.16. The summed E-state index contributed by atoms with van der Waals surface area (Å²) in [5.41, 5.74) is 1.98. The van der Waals surface area contributed by atoms with Crippen molar-refractivity contribution in [2.75, 3.05) is 19.5 Å². The lowest BCUT2D eigenvalue weighted by molar-refractivity contribution is 0.391. The molecule has 0 atom stereocenters. The summed E-state index contributed by atoms with van der Waals surface area (Å²) in [6.07, 6.45) is 0. The van der Waals surface area contributed by atoms with Crippen molar-refractivity contribution < 1.29 is 14.0 Å². The van der Waals surface area contributed by atoms with E-state index in [1.54, 1.807) is 14.2 Å². The molecule has 0 fully saturated rings. The van der Waals surface area contributed by atoms with Gasteiger partial charge >= 0.3 is 0 Å². The Labute approximate surface area is 181 Å². The monoisotopic (exact) mass is 441 g/mol. The van der Waals surface area contributed by atoms with Crippen LogP contribution in [-0.2, 0) is 12.3 Å². The normalized spacial score (nSPS) is 10.7. The van der Waals surface area contributed by atoms with E-state index >= 15 is 0 Å². The third kappa shape index (κ3) is 5.08. The van der Waals surface area contributed by atoms with E-state index in [-0.39, 0.29) is 0 Å². The van der Waals surface area contributed by atoms with Crippen molar-refractivity contribution in [3.8, 4) is 22.9 Å². The molecule has 1 N–H and O–H groups in total. The molecule has 0 aliphatic rings. The molecule has 2 heterocycles. The highest BCUT2D eigenvalue weighted by Crippen LogP contribution is 2.29. The number of benzene rings is 2. The molecule has 30 heavy (non-hydrogen) atoms. The van der Waals surface area contributed by atoms with Gasteiger partial charge in [-0.05, 0) is 29.8 Å². The maximum absolute atomic E-state index is 5.35. The first-order valence-corrected chi connectivity index (χ1v) is 10.8. The van der Waals surface area contributed by atoms with E-state index in [0.717, 1.165) is 32.1 Å². The Morgan fingerprint density at radius 3 is 2.67 bits per heavy atom. The molecule has 154 valence electrons. The van der Waals surface area contributed by atoms with Gasteiger partial charge in [0.2, 0.25) is 16.8 Å². The van der Waals surface area contributed by atoms with Crippen LogP contribution in [0, 0.1) is 0 Å². The zero-order valence-electron chi connectivity index (χ0n) is 16.4. The van der Waals surface area contributed by atoms with Crippen LogP contribution in [0.4, 0.5) is 5.13 Å². The lowest BCUT2D eigenvalue weighted by atomic mass is 10.2. The van der Waals surface area contributed by atoms with Crippen LogP contribution in [0.2, 0.25) is 0 Å².